The summed E-state index contributed by atoms with van der Waals surface area (Å²) in [5.74, 6) is 1.09. The first kappa shape index (κ1) is 24.8. The Kier molecular flexibility index (Phi) is 7.52. The van der Waals surface area contributed by atoms with Crippen LogP contribution in [0.1, 0.15) is 33.6 Å². The number of amides is 2. The monoisotopic (exact) mass is 491 g/mol. The molecule has 36 heavy (non-hydrogen) atoms. The van der Waals surface area contributed by atoms with Crippen molar-refractivity contribution < 1.29 is 14.3 Å². The fourth-order valence-corrected chi connectivity index (χ4v) is 3.61. The lowest BCUT2D eigenvalue weighted by molar-refractivity contribution is -0.120. The van der Waals surface area contributed by atoms with Crippen LogP contribution in [0, 0.1) is 0 Å². The highest BCUT2D eigenvalue weighted by Gasteiger charge is 2.16. The van der Waals surface area contributed by atoms with Crippen molar-refractivity contribution in [1.82, 2.24) is 41.2 Å². The van der Waals surface area contributed by atoms with Crippen LogP contribution in [-0.4, -0.2) is 67.8 Å². The van der Waals surface area contributed by atoms with E-state index >= 15 is 0 Å². The van der Waals surface area contributed by atoms with Crippen LogP contribution in [-0.2, 0) is 9.53 Å². The van der Waals surface area contributed by atoms with Gasteiger partial charge in [-0.2, -0.15) is 5.21 Å². The van der Waals surface area contributed by atoms with E-state index in [4.69, 9.17) is 9.72 Å². The van der Waals surface area contributed by atoms with E-state index in [2.05, 4.69) is 41.6 Å². The zero-order valence-corrected chi connectivity index (χ0v) is 20.5. The molecular formula is C24H29N9O3. The van der Waals surface area contributed by atoms with E-state index in [1.807, 2.05) is 30.5 Å². The molecule has 188 valence electrons. The number of anilines is 1. The number of nitrogens with one attached hydrogen (secondary N) is 4. The van der Waals surface area contributed by atoms with Crippen LogP contribution >= 0.6 is 0 Å². The summed E-state index contributed by atoms with van der Waals surface area (Å²) in [5.41, 5.74) is 1.02. The van der Waals surface area contributed by atoms with Gasteiger partial charge in [0.1, 0.15) is 11.4 Å². The SMILES string of the molecule is CC(C)(C)OC(=O)NCCC(=O)NCCCNc1nc2cc(-c3nn[nH]n3)ccc2c2cnccc12. The molecule has 0 aliphatic carbocycles. The minimum atomic E-state index is -0.572. The van der Waals surface area contributed by atoms with Crippen molar-refractivity contribution in [3.8, 4) is 11.4 Å². The Bertz CT molecular complexity index is 1350. The van der Waals surface area contributed by atoms with Crippen LogP contribution in [0.5, 0.6) is 0 Å². The van der Waals surface area contributed by atoms with Gasteiger partial charge in [0.05, 0.1) is 5.52 Å². The van der Waals surface area contributed by atoms with Gasteiger partial charge in [-0.1, -0.05) is 12.1 Å². The fourth-order valence-electron chi connectivity index (χ4n) is 3.61. The lowest BCUT2D eigenvalue weighted by atomic mass is 10.1. The second-order valence-corrected chi connectivity index (χ2v) is 9.16. The molecule has 1 aromatic carbocycles. The number of carbonyl (C=O) groups is 2. The summed E-state index contributed by atoms with van der Waals surface area (Å²) in [6.45, 7) is 6.67. The number of benzene rings is 1. The lowest BCUT2D eigenvalue weighted by Crippen LogP contribution is -2.35. The molecule has 0 saturated carbocycles. The second kappa shape index (κ2) is 10.9. The number of fused-ring (bicyclic) bond motifs is 3. The number of nitrogens with zero attached hydrogens (tertiary/aromatic N) is 5. The Hall–Kier alpha value is -4.35. The van der Waals surface area contributed by atoms with E-state index in [9.17, 15) is 9.59 Å². The van der Waals surface area contributed by atoms with Crippen molar-refractivity contribution in [1.29, 1.82) is 0 Å². The quantitative estimate of drug-likeness (QED) is 0.204. The molecule has 0 radical (unpaired) electrons. The van der Waals surface area contributed by atoms with Crippen molar-refractivity contribution >= 4 is 39.5 Å². The topological polar surface area (TPSA) is 160 Å². The smallest absolute Gasteiger partial charge is 0.407 e. The molecule has 0 atom stereocenters. The van der Waals surface area contributed by atoms with E-state index in [0.717, 1.165) is 33.1 Å². The summed E-state index contributed by atoms with van der Waals surface area (Å²) in [4.78, 5) is 32.8. The maximum absolute atomic E-state index is 12.0. The molecule has 12 heteroatoms. The van der Waals surface area contributed by atoms with Gasteiger partial charge in [0, 0.05) is 60.2 Å². The average Bonchev–Trinajstić information content (AvgIpc) is 3.37. The third kappa shape index (κ3) is 6.40. The Labute approximate surface area is 207 Å². The van der Waals surface area contributed by atoms with Gasteiger partial charge in [-0.3, -0.25) is 9.78 Å². The van der Waals surface area contributed by atoms with Gasteiger partial charge >= 0.3 is 6.09 Å². The molecule has 0 unspecified atom stereocenters. The summed E-state index contributed by atoms with van der Waals surface area (Å²) >= 11 is 0. The van der Waals surface area contributed by atoms with Crippen LogP contribution in [0.15, 0.2) is 36.7 Å². The summed E-state index contributed by atoms with van der Waals surface area (Å²) in [6, 6.07) is 7.76. The van der Waals surface area contributed by atoms with E-state index in [-0.39, 0.29) is 18.9 Å². The molecule has 3 aromatic heterocycles. The summed E-state index contributed by atoms with van der Waals surface area (Å²) in [6.07, 6.45) is 3.90. The molecule has 0 bridgehead atoms. The molecule has 2 amide bonds. The largest absolute Gasteiger partial charge is 0.444 e. The number of aromatic amines is 1. The predicted octanol–water partition coefficient (Wildman–Crippen LogP) is 2.80. The molecule has 0 fully saturated rings. The number of alkyl carbamates (subject to hydrolysis) is 1. The van der Waals surface area contributed by atoms with Crippen molar-refractivity contribution in [3.05, 3.63) is 36.7 Å². The van der Waals surface area contributed by atoms with Gasteiger partial charge in [-0.25, -0.2) is 9.78 Å². The number of rotatable bonds is 9. The Morgan fingerprint density at radius 2 is 1.89 bits per heavy atom. The molecule has 0 saturated heterocycles. The maximum atomic E-state index is 12.0. The van der Waals surface area contributed by atoms with Crippen molar-refractivity contribution in [2.75, 3.05) is 25.0 Å². The van der Waals surface area contributed by atoms with Crippen LogP contribution in [0.3, 0.4) is 0 Å². The minimum Gasteiger partial charge on any atom is -0.444 e. The summed E-state index contributed by atoms with van der Waals surface area (Å²) in [7, 11) is 0. The van der Waals surface area contributed by atoms with Gasteiger partial charge < -0.3 is 20.7 Å². The van der Waals surface area contributed by atoms with Crippen molar-refractivity contribution in [2.24, 2.45) is 0 Å². The predicted molar refractivity (Wildman–Crippen MR) is 135 cm³/mol. The molecule has 4 N–H and O–H groups in total. The van der Waals surface area contributed by atoms with E-state index < -0.39 is 11.7 Å². The van der Waals surface area contributed by atoms with Gasteiger partial charge in [0.15, 0.2) is 0 Å². The van der Waals surface area contributed by atoms with Crippen molar-refractivity contribution in [2.45, 2.75) is 39.2 Å². The molecule has 0 aliphatic heterocycles. The molecule has 0 spiro atoms. The number of pyridine rings is 2. The number of ether oxygens (including phenoxy) is 1. The summed E-state index contributed by atoms with van der Waals surface area (Å²) in [5, 5.41) is 25.9. The number of hydrogen-bond acceptors (Lipinski definition) is 9. The number of aromatic nitrogens is 6. The molecule has 3 heterocycles. The van der Waals surface area contributed by atoms with Crippen LogP contribution in [0.4, 0.5) is 10.6 Å². The van der Waals surface area contributed by atoms with Gasteiger partial charge in [0.25, 0.3) is 0 Å². The molecule has 4 rings (SSSR count). The zero-order chi connectivity index (χ0) is 25.5. The second-order valence-electron chi connectivity index (χ2n) is 9.16. The highest BCUT2D eigenvalue weighted by Crippen LogP contribution is 2.30. The first-order valence-electron chi connectivity index (χ1n) is 11.7. The standard InChI is InChI=1S/C24H29N9O3/c1-24(2,3)36-23(35)28-12-8-20(34)26-9-4-10-27-22-17-7-11-25-14-18(17)16-6-5-15(13-19(16)29-22)21-30-32-33-31-21/h5-7,11,13-14H,4,8-10,12H2,1-3H3,(H,26,34)(H,27,29)(H,28,35)(H,30,31,32,33). The van der Waals surface area contributed by atoms with Crippen LogP contribution < -0.4 is 16.0 Å². The fraction of sp³-hybridized carbons (Fsp3) is 0.375. The molecule has 12 nitrogen and oxygen atoms in total. The zero-order valence-electron chi connectivity index (χ0n) is 20.5. The Morgan fingerprint density at radius 3 is 2.67 bits per heavy atom. The number of hydrogen-bond donors (Lipinski definition) is 4. The molecule has 0 aliphatic rings. The molecule has 4 aromatic rings. The van der Waals surface area contributed by atoms with E-state index in [1.165, 1.54) is 0 Å². The average molecular weight is 492 g/mol. The minimum absolute atomic E-state index is 0.139. The number of carbonyl (C=O) groups excluding carboxylic acids is 2. The highest BCUT2D eigenvalue weighted by atomic mass is 16.6. The lowest BCUT2D eigenvalue weighted by Gasteiger charge is -2.19. The van der Waals surface area contributed by atoms with Crippen molar-refractivity contribution in [3.63, 3.8) is 0 Å². The molecular weight excluding hydrogens is 462 g/mol. The summed E-state index contributed by atoms with van der Waals surface area (Å²) < 4.78 is 5.15. The number of tetrazole rings is 1. The third-order valence-electron chi connectivity index (χ3n) is 5.19. The number of H-pyrrole nitrogens is 1. The highest BCUT2D eigenvalue weighted by molar-refractivity contribution is 6.10. The maximum Gasteiger partial charge on any atom is 0.407 e. The first-order valence-corrected chi connectivity index (χ1v) is 11.7. The van der Waals surface area contributed by atoms with Crippen LogP contribution in [0.25, 0.3) is 33.1 Å². The van der Waals surface area contributed by atoms with E-state index in [0.29, 0.717) is 25.3 Å². The first-order chi connectivity index (χ1) is 17.3. The van der Waals surface area contributed by atoms with E-state index in [1.54, 1.807) is 27.0 Å². The Balaban J connectivity index is 1.31. The third-order valence-corrected chi connectivity index (χ3v) is 5.19. The Morgan fingerprint density at radius 1 is 1.03 bits per heavy atom. The van der Waals surface area contributed by atoms with Gasteiger partial charge in [-0.05, 0) is 44.5 Å². The van der Waals surface area contributed by atoms with Gasteiger partial charge in [0.2, 0.25) is 11.7 Å². The van der Waals surface area contributed by atoms with Crippen LogP contribution in [0.2, 0.25) is 0 Å². The normalized spacial score (nSPS) is 11.4. The van der Waals surface area contributed by atoms with Gasteiger partial charge in [-0.15, -0.1) is 10.2 Å².